The molecule has 1 aliphatic rings. The molecule has 1 saturated heterocycles. The predicted molar refractivity (Wildman–Crippen MR) is 98.8 cm³/mol. The molecule has 0 saturated carbocycles. The average Bonchev–Trinajstić information content (AvgIpc) is 2.60. The van der Waals surface area contributed by atoms with E-state index in [0.29, 0.717) is 12.2 Å². The number of nitrogens with one attached hydrogen (secondary N) is 1. The van der Waals surface area contributed by atoms with E-state index in [-0.39, 0.29) is 5.91 Å². The highest BCUT2D eigenvalue weighted by Crippen LogP contribution is 2.20. The minimum Gasteiger partial charge on any atom is -0.494 e. The van der Waals surface area contributed by atoms with Crippen molar-refractivity contribution in [3.8, 4) is 5.75 Å². The normalized spacial score (nSPS) is 18.4. The van der Waals surface area contributed by atoms with E-state index >= 15 is 0 Å². The van der Waals surface area contributed by atoms with Gasteiger partial charge in [0.05, 0.1) is 6.61 Å². The van der Waals surface area contributed by atoms with Gasteiger partial charge in [0.1, 0.15) is 5.75 Å². The average molecular weight is 332 g/mol. The van der Waals surface area contributed by atoms with Crippen molar-refractivity contribution in [2.24, 2.45) is 0 Å². The van der Waals surface area contributed by atoms with Crippen LogP contribution in [0.25, 0.3) is 0 Å². The van der Waals surface area contributed by atoms with Crippen LogP contribution in [0.1, 0.15) is 61.9 Å². The van der Waals surface area contributed by atoms with Crippen LogP contribution in [-0.2, 0) is 0 Å². The van der Waals surface area contributed by atoms with Crippen LogP contribution in [0, 0.1) is 6.92 Å². The molecule has 134 valence electrons. The molecule has 1 N–H and O–H groups in total. The van der Waals surface area contributed by atoms with Crippen molar-refractivity contribution < 1.29 is 9.53 Å². The molecule has 1 heterocycles. The van der Waals surface area contributed by atoms with Gasteiger partial charge in [-0.2, -0.15) is 0 Å². The fourth-order valence-corrected chi connectivity index (χ4v) is 3.51. The summed E-state index contributed by atoms with van der Waals surface area (Å²) in [7, 11) is 0. The second-order valence-corrected chi connectivity index (χ2v) is 6.62. The lowest BCUT2D eigenvalue weighted by Gasteiger charge is -2.35. The molecule has 1 aliphatic heterocycles. The smallest absolute Gasteiger partial charge is 0.251 e. The summed E-state index contributed by atoms with van der Waals surface area (Å²) in [5.74, 6) is 0.858. The number of carbonyl (C=O) groups excluding carboxylic acids is 1. The number of hydrogen-bond donors (Lipinski definition) is 1. The number of nitrogens with zero attached hydrogens (tertiary/aromatic N) is 1. The van der Waals surface area contributed by atoms with Gasteiger partial charge in [-0.25, -0.2) is 0 Å². The summed E-state index contributed by atoms with van der Waals surface area (Å²) in [6, 6.07) is 6.36. The molecule has 2 rings (SSSR count). The molecule has 1 unspecified atom stereocenters. The van der Waals surface area contributed by atoms with Crippen molar-refractivity contribution in [2.45, 2.75) is 58.9 Å². The van der Waals surface area contributed by atoms with E-state index in [1.54, 1.807) is 0 Å². The van der Waals surface area contributed by atoms with Gasteiger partial charge in [0.2, 0.25) is 0 Å². The number of likely N-dealkylation sites (tertiary alicyclic amines) is 1. The maximum absolute atomic E-state index is 12.3. The largest absolute Gasteiger partial charge is 0.494 e. The van der Waals surface area contributed by atoms with E-state index in [9.17, 15) is 4.79 Å². The van der Waals surface area contributed by atoms with Crippen LogP contribution < -0.4 is 10.1 Å². The third-order valence-corrected chi connectivity index (χ3v) is 4.86. The van der Waals surface area contributed by atoms with Gasteiger partial charge >= 0.3 is 0 Å². The molecule has 0 aliphatic carbocycles. The Hall–Kier alpha value is -1.55. The van der Waals surface area contributed by atoms with Crippen LogP contribution in [0.4, 0.5) is 0 Å². The monoisotopic (exact) mass is 332 g/mol. The van der Waals surface area contributed by atoms with Gasteiger partial charge in [0.25, 0.3) is 5.91 Å². The molecule has 0 spiro atoms. The first-order valence-corrected chi connectivity index (χ1v) is 9.41. The first kappa shape index (κ1) is 18.8. The van der Waals surface area contributed by atoms with Gasteiger partial charge in [0, 0.05) is 24.7 Å². The van der Waals surface area contributed by atoms with Crippen LogP contribution in [0.15, 0.2) is 18.2 Å². The van der Waals surface area contributed by atoms with Crippen molar-refractivity contribution in [3.63, 3.8) is 0 Å². The van der Waals surface area contributed by atoms with Crippen molar-refractivity contribution >= 4 is 5.91 Å². The van der Waals surface area contributed by atoms with Crippen LogP contribution >= 0.6 is 0 Å². The first-order valence-electron chi connectivity index (χ1n) is 9.41. The zero-order valence-corrected chi connectivity index (χ0v) is 15.4. The Morgan fingerprint density at radius 3 is 2.88 bits per heavy atom. The lowest BCUT2D eigenvalue weighted by Crippen LogP contribution is -2.40. The molecule has 0 radical (unpaired) electrons. The summed E-state index contributed by atoms with van der Waals surface area (Å²) in [6.07, 6.45) is 6.25. The number of piperidine rings is 1. The maximum atomic E-state index is 12.3. The standard InChI is InChI=1S/C20H32N2O2/c1-4-18-9-6-7-13-22(18)14-8-12-21-20(23)17-10-11-19(24-5-2)16(3)15-17/h10-11,15,18H,4-9,12-14H2,1-3H3,(H,21,23). The highest BCUT2D eigenvalue weighted by atomic mass is 16.5. The summed E-state index contributed by atoms with van der Waals surface area (Å²) in [4.78, 5) is 14.9. The van der Waals surface area contributed by atoms with E-state index in [1.165, 1.54) is 32.2 Å². The topological polar surface area (TPSA) is 41.6 Å². The molecule has 1 aromatic rings. The molecule has 1 amide bonds. The van der Waals surface area contributed by atoms with E-state index in [2.05, 4.69) is 17.1 Å². The van der Waals surface area contributed by atoms with Crippen LogP contribution in [0.2, 0.25) is 0 Å². The number of aryl methyl sites for hydroxylation is 1. The Kier molecular flexibility index (Phi) is 7.57. The fourth-order valence-electron chi connectivity index (χ4n) is 3.51. The van der Waals surface area contributed by atoms with Gasteiger partial charge in [-0.1, -0.05) is 13.3 Å². The van der Waals surface area contributed by atoms with Crippen molar-refractivity contribution in [3.05, 3.63) is 29.3 Å². The zero-order chi connectivity index (χ0) is 17.4. The molecule has 4 heteroatoms. The SMILES string of the molecule is CCOc1ccc(C(=O)NCCCN2CCCCC2CC)cc1C. The number of hydrogen-bond acceptors (Lipinski definition) is 3. The van der Waals surface area contributed by atoms with Crippen molar-refractivity contribution in [2.75, 3.05) is 26.2 Å². The summed E-state index contributed by atoms with van der Waals surface area (Å²) in [5, 5.41) is 3.04. The van der Waals surface area contributed by atoms with Gasteiger partial charge in [-0.3, -0.25) is 4.79 Å². The van der Waals surface area contributed by atoms with Crippen LogP contribution in [0.3, 0.4) is 0 Å². The minimum absolute atomic E-state index is 0.00633. The fraction of sp³-hybridized carbons (Fsp3) is 0.650. The Morgan fingerprint density at radius 2 is 2.17 bits per heavy atom. The number of ether oxygens (including phenoxy) is 1. The lowest BCUT2D eigenvalue weighted by atomic mass is 10.00. The van der Waals surface area contributed by atoms with Gasteiger partial charge in [-0.05, 0) is 69.8 Å². The van der Waals surface area contributed by atoms with Gasteiger partial charge in [0.15, 0.2) is 0 Å². The molecule has 0 aromatic heterocycles. The summed E-state index contributed by atoms with van der Waals surface area (Å²) < 4.78 is 5.52. The number of carbonyl (C=O) groups is 1. The number of amides is 1. The minimum atomic E-state index is 0.00633. The molecular formula is C20H32N2O2. The second-order valence-electron chi connectivity index (χ2n) is 6.62. The number of rotatable bonds is 8. The zero-order valence-electron chi connectivity index (χ0n) is 15.4. The maximum Gasteiger partial charge on any atom is 0.251 e. The summed E-state index contributed by atoms with van der Waals surface area (Å²) in [5.41, 5.74) is 1.71. The van der Waals surface area contributed by atoms with E-state index in [0.717, 1.165) is 36.9 Å². The van der Waals surface area contributed by atoms with E-state index in [4.69, 9.17) is 4.74 Å². The van der Waals surface area contributed by atoms with Gasteiger partial charge in [-0.15, -0.1) is 0 Å². The highest BCUT2D eigenvalue weighted by molar-refractivity contribution is 5.94. The Bertz CT molecular complexity index is 530. The van der Waals surface area contributed by atoms with E-state index in [1.807, 2.05) is 32.0 Å². The van der Waals surface area contributed by atoms with Crippen molar-refractivity contribution in [1.82, 2.24) is 10.2 Å². The molecule has 24 heavy (non-hydrogen) atoms. The predicted octanol–water partition coefficient (Wildman–Crippen LogP) is 3.78. The third-order valence-electron chi connectivity index (χ3n) is 4.86. The Morgan fingerprint density at radius 1 is 1.33 bits per heavy atom. The molecule has 0 bridgehead atoms. The van der Waals surface area contributed by atoms with Crippen LogP contribution in [0.5, 0.6) is 5.75 Å². The lowest BCUT2D eigenvalue weighted by molar-refractivity contribution is 0.0947. The third kappa shape index (κ3) is 5.23. The Balaban J connectivity index is 1.75. The Labute approximate surface area is 146 Å². The first-order chi connectivity index (χ1) is 11.7. The van der Waals surface area contributed by atoms with E-state index < -0.39 is 0 Å². The molecule has 1 aromatic carbocycles. The second kappa shape index (κ2) is 9.67. The molecule has 1 fully saturated rings. The number of benzene rings is 1. The molecule has 1 atom stereocenters. The highest BCUT2D eigenvalue weighted by Gasteiger charge is 2.19. The van der Waals surface area contributed by atoms with Crippen LogP contribution in [-0.4, -0.2) is 43.1 Å². The summed E-state index contributed by atoms with van der Waals surface area (Å²) in [6.45, 7) is 9.89. The van der Waals surface area contributed by atoms with Gasteiger partial charge < -0.3 is 15.0 Å². The van der Waals surface area contributed by atoms with Crippen molar-refractivity contribution in [1.29, 1.82) is 0 Å². The quantitative estimate of drug-likeness (QED) is 0.737. The molecular weight excluding hydrogens is 300 g/mol. The summed E-state index contributed by atoms with van der Waals surface area (Å²) >= 11 is 0. The molecule has 4 nitrogen and oxygen atoms in total.